The lowest BCUT2D eigenvalue weighted by Crippen LogP contribution is -2.32. The van der Waals surface area contributed by atoms with Crippen LogP contribution in [0.5, 0.6) is 0 Å². The number of benzene rings is 1. The second-order valence-corrected chi connectivity index (χ2v) is 7.46. The number of thiophene rings is 1. The van der Waals surface area contributed by atoms with Crippen LogP contribution >= 0.6 is 11.3 Å². The van der Waals surface area contributed by atoms with Crippen molar-refractivity contribution < 1.29 is 9.21 Å². The Kier molecular flexibility index (Phi) is 4.40. The molecule has 1 aliphatic carbocycles. The molecule has 2 heterocycles. The first kappa shape index (κ1) is 16.1. The fourth-order valence-corrected chi connectivity index (χ4v) is 4.48. The van der Waals surface area contributed by atoms with E-state index >= 15 is 0 Å². The molecule has 4 nitrogen and oxygen atoms in total. The molecular weight excluding hydrogens is 334 g/mol. The predicted molar refractivity (Wildman–Crippen MR) is 99.0 cm³/mol. The van der Waals surface area contributed by atoms with Gasteiger partial charge in [-0.3, -0.25) is 9.59 Å². The molecule has 0 radical (unpaired) electrons. The van der Waals surface area contributed by atoms with Gasteiger partial charge < -0.3 is 9.73 Å². The fourth-order valence-electron chi connectivity index (χ4n) is 3.61. The van der Waals surface area contributed by atoms with Crippen molar-refractivity contribution in [3.63, 3.8) is 0 Å². The summed E-state index contributed by atoms with van der Waals surface area (Å²) in [6.45, 7) is 0. The highest BCUT2D eigenvalue weighted by atomic mass is 32.1. The Morgan fingerprint density at radius 1 is 1.16 bits per heavy atom. The molecule has 0 unspecified atom stereocenters. The Labute approximate surface area is 149 Å². The third kappa shape index (κ3) is 3.24. The molecule has 1 amide bonds. The van der Waals surface area contributed by atoms with Gasteiger partial charge in [0.05, 0.1) is 11.4 Å². The number of carbonyl (C=O) groups excluding carboxylic acids is 1. The lowest BCUT2D eigenvalue weighted by molar-refractivity contribution is 0.0895. The molecular formula is C20H19NO3S. The number of carbonyl (C=O) groups is 1. The van der Waals surface area contributed by atoms with Crippen molar-refractivity contribution in [2.24, 2.45) is 5.92 Å². The van der Waals surface area contributed by atoms with Crippen LogP contribution < -0.4 is 10.7 Å². The number of rotatable bonds is 4. The summed E-state index contributed by atoms with van der Waals surface area (Å²) in [6, 6.07) is 12.3. The number of fused-ring (bicyclic) bond motifs is 1. The summed E-state index contributed by atoms with van der Waals surface area (Å²) in [7, 11) is 0. The topological polar surface area (TPSA) is 59.3 Å². The van der Waals surface area contributed by atoms with Crippen molar-refractivity contribution in [3.8, 4) is 0 Å². The SMILES string of the molecule is O=C(N[C@@H](c1cccs1)C1CCCC1)c1cc(=O)c2ccccc2o1. The van der Waals surface area contributed by atoms with Crippen LogP contribution in [0.1, 0.15) is 47.2 Å². The summed E-state index contributed by atoms with van der Waals surface area (Å²) in [6.07, 6.45) is 4.63. The van der Waals surface area contributed by atoms with Crippen LogP contribution in [-0.2, 0) is 0 Å². The minimum atomic E-state index is -0.326. The molecule has 128 valence electrons. The molecule has 0 aliphatic heterocycles. The number of hydrogen-bond acceptors (Lipinski definition) is 4. The highest BCUT2D eigenvalue weighted by molar-refractivity contribution is 7.10. The fraction of sp³-hybridized carbons (Fsp3) is 0.300. The van der Waals surface area contributed by atoms with Crippen LogP contribution in [0.25, 0.3) is 11.0 Å². The minimum Gasteiger partial charge on any atom is -0.451 e. The molecule has 1 aliphatic rings. The first-order valence-electron chi connectivity index (χ1n) is 8.59. The first-order chi connectivity index (χ1) is 12.2. The maximum absolute atomic E-state index is 12.8. The van der Waals surface area contributed by atoms with Crippen molar-refractivity contribution >= 4 is 28.2 Å². The zero-order valence-corrected chi connectivity index (χ0v) is 14.6. The highest BCUT2D eigenvalue weighted by Crippen LogP contribution is 2.37. The second-order valence-electron chi connectivity index (χ2n) is 6.48. The quantitative estimate of drug-likeness (QED) is 0.750. The van der Waals surface area contributed by atoms with E-state index in [9.17, 15) is 9.59 Å². The van der Waals surface area contributed by atoms with Crippen LogP contribution in [-0.4, -0.2) is 5.91 Å². The molecule has 25 heavy (non-hydrogen) atoms. The Morgan fingerprint density at radius 2 is 1.96 bits per heavy atom. The average molecular weight is 353 g/mol. The van der Waals surface area contributed by atoms with E-state index in [0.717, 1.165) is 17.7 Å². The molecule has 1 fully saturated rings. The number of hydrogen-bond donors (Lipinski definition) is 1. The Bertz CT molecular complexity index is 939. The van der Waals surface area contributed by atoms with E-state index in [2.05, 4.69) is 11.4 Å². The van der Waals surface area contributed by atoms with E-state index in [0.29, 0.717) is 16.9 Å². The first-order valence-corrected chi connectivity index (χ1v) is 9.47. The molecule has 1 N–H and O–H groups in total. The molecule has 0 saturated heterocycles. The van der Waals surface area contributed by atoms with Gasteiger partial charge in [0.15, 0.2) is 11.2 Å². The summed E-state index contributed by atoms with van der Waals surface area (Å²) in [5, 5.41) is 5.63. The van der Waals surface area contributed by atoms with Crippen LogP contribution in [0.2, 0.25) is 0 Å². The molecule has 1 atom stereocenters. The summed E-state index contributed by atoms with van der Waals surface area (Å²) in [4.78, 5) is 26.2. The van der Waals surface area contributed by atoms with E-state index in [1.54, 1.807) is 35.6 Å². The third-order valence-electron chi connectivity index (χ3n) is 4.87. The van der Waals surface area contributed by atoms with Crippen molar-refractivity contribution in [1.82, 2.24) is 5.32 Å². The van der Waals surface area contributed by atoms with E-state index in [4.69, 9.17) is 4.42 Å². The van der Waals surface area contributed by atoms with Crippen LogP contribution in [0.15, 0.2) is 57.1 Å². The monoisotopic (exact) mass is 353 g/mol. The number of amides is 1. The molecule has 2 aromatic heterocycles. The van der Waals surface area contributed by atoms with Crippen LogP contribution in [0.3, 0.4) is 0 Å². The Hall–Kier alpha value is -2.40. The van der Waals surface area contributed by atoms with Gasteiger partial charge in [0, 0.05) is 10.9 Å². The normalized spacial score (nSPS) is 16.2. The summed E-state index contributed by atoms with van der Waals surface area (Å²) >= 11 is 1.65. The van der Waals surface area contributed by atoms with E-state index in [1.807, 2.05) is 11.4 Å². The standard InChI is InChI=1S/C20H19NO3S/c22-15-12-17(24-16-9-4-3-8-14(15)16)20(23)21-19(13-6-1-2-7-13)18-10-5-11-25-18/h3-5,8-13,19H,1-2,6-7H2,(H,21,23)/t19-/m1/s1. The van der Waals surface area contributed by atoms with E-state index in [-0.39, 0.29) is 23.1 Å². The van der Waals surface area contributed by atoms with E-state index < -0.39 is 0 Å². The summed E-state index contributed by atoms with van der Waals surface area (Å²) in [5.41, 5.74) is 0.245. The number of para-hydroxylation sites is 1. The largest absolute Gasteiger partial charge is 0.451 e. The van der Waals surface area contributed by atoms with Gasteiger partial charge in [-0.25, -0.2) is 0 Å². The Morgan fingerprint density at radius 3 is 2.72 bits per heavy atom. The Balaban J connectivity index is 1.64. The summed E-state index contributed by atoms with van der Waals surface area (Å²) < 4.78 is 5.68. The molecule has 1 saturated carbocycles. The lowest BCUT2D eigenvalue weighted by atomic mass is 9.96. The zero-order valence-electron chi connectivity index (χ0n) is 13.7. The maximum atomic E-state index is 12.8. The molecule has 0 spiro atoms. The minimum absolute atomic E-state index is 0.0215. The van der Waals surface area contributed by atoms with Gasteiger partial charge in [-0.1, -0.05) is 31.0 Å². The highest BCUT2D eigenvalue weighted by Gasteiger charge is 2.29. The van der Waals surface area contributed by atoms with Crippen molar-refractivity contribution in [1.29, 1.82) is 0 Å². The summed E-state index contributed by atoms with van der Waals surface area (Å²) in [5.74, 6) is 0.186. The molecule has 3 aromatic rings. The van der Waals surface area contributed by atoms with Crippen molar-refractivity contribution in [2.45, 2.75) is 31.7 Å². The van der Waals surface area contributed by atoms with Crippen LogP contribution in [0, 0.1) is 5.92 Å². The van der Waals surface area contributed by atoms with Gasteiger partial charge in [0.1, 0.15) is 5.58 Å². The van der Waals surface area contributed by atoms with Gasteiger partial charge in [0.25, 0.3) is 5.91 Å². The van der Waals surface area contributed by atoms with Gasteiger partial charge in [-0.15, -0.1) is 11.3 Å². The third-order valence-corrected chi connectivity index (χ3v) is 5.82. The predicted octanol–water partition coefficient (Wildman–Crippen LogP) is 4.52. The van der Waals surface area contributed by atoms with Crippen molar-refractivity contribution in [2.75, 3.05) is 0 Å². The molecule has 4 rings (SSSR count). The van der Waals surface area contributed by atoms with Crippen LogP contribution in [0.4, 0.5) is 0 Å². The molecule has 0 bridgehead atoms. The van der Waals surface area contributed by atoms with Gasteiger partial charge in [0.2, 0.25) is 0 Å². The molecule has 1 aromatic carbocycles. The maximum Gasteiger partial charge on any atom is 0.287 e. The average Bonchev–Trinajstić information content (AvgIpc) is 3.33. The lowest BCUT2D eigenvalue weighted by Gasteiger charge is -2.23. The van der Waals surface area contributed by atoms with Gasteiger partial charge >= 0.3 is 0 Å². The van der Waals surface area contributed by atoms with E-state index in [1.165, 1.54) is 18.9 Å². The second kappa shape index (κ2) is 6.84. The number of nitrogens with one attached hydrogen (secondary N) is 1. The molecule has 5 heteroatoms. The van der Waals surface area contributed by atoms with Crippen molar-refractivity contribution in [3.05, 3.63) is 68.7 Å². The van der Waals surface area contributed by atoms with Gasteiger partial charge in [-0.05, 0) is 42.3 Å². The van der Waals surface area contributed by atoms with Gasteiger partial charge in [-0.2, -0.15) is 0 Å². The smallest absolute Gasteiger partial charge is 0.287 e. The zero-order chi connectivity index (χ0) is 17.2.